The number of nitrogens with zero attached hydrogens (tertiary/aromatic N) is 7. The van der Waals surface area contributed by atoms with Crippen LogP contribution in [0.5, 0.6) is 0 Å². The Hall–Kier alpha value is -3.89. The molecule has 26 heavy (non-hydrogen) atoms. The molecule has 0 fully saturated rings. The van der Waals surface area contributed by atoms with Crippen molar-refractivity contribution in [1.29, 1.82) is 0 Å². The Labute approximate surface area is 144 Å². The van der Waals surface area contributed by atoms with Crippen molar-refractivity contribution < 1.29 is 9.31 Å². The lowest BCUT2D eigenvalue weighted by Gasteiger charge is -2.07. The average molecular weight is 354 g/mol. The molecule has 11 heteroatoms. The topological polar surface area (TPSA) is 131 Å². The molecule has 4 aromatic rings. The number of hydrogen-bond donors (Lipinski definition) is 1. The fourth-order valence-electron chi connectivity index (χ4n) is 2.58. The van der Waals surface area contributed by atoms with Crippen LogP contribution in [0.2, 0.25) is 0 Å². The van der Waals surface area contributed by atoms with Gasteiger partial charge in [-0.2, -0.15) is 15.1 Å². The maximum Gasteiger partial charge on any atom is 0.272 e. The zero-order valence-electron chi connectivity index (χ0n) is 13.2. The van der Waals surface area contributed by atoms with Gasteiger partial charge in [0.15, 0.2) is 17.0 Å². The van der Waals surface area contributed by atoms with Crippen LogP contribution < -0.4 is 5.73 Å². The standard InChI is InChI=1S/C15H11FN8O2/c16-11-6-10(24(25)26)3-2-9(11)7-22-8-18-12-13(22)20-15(17)21-14(12)23-5-1-4-19-23/h1-6,8H,7H2,(H2,17,20,21). The number of fused-ring (bicyclic) bond motifs is 1. The number of hydrogen-bond acceptors (Lipinski definition) is 7. The van der Waals surface area contributed by atoms with Gasteiger partial charge in [0, 0.05) is 24.0 Å². The number of nitro groups is 1. The monoisotopic (exact) mass is 354 g/mol. The van der Waals surface area contributed by atoms with E-state index in [1.807, 2.05) is 0 Å². The average Bonchev–Trinajstić information content (AvgIpc) is 3.26. The Morgan fingerprint density at radius 1 is 1.31 bits per heavy atom. The summed E-state index contributed by atoms with van der Waals surface area (Å²) in [6, 6.07) is 5.22. The summed E-state index contributed by atoms with van der Waals surface area (Å²) in [6.07, 6.45) is 4.76. The molecule has 0 unspecified atom stereocenters. The summed E-state index contributed by atoms with van der Waals surface area (Å²) < 4.78 is 17.3. The van der Waals surface area contributed by atoms with Crippen LogP contribution in [0.15, 0.2) is 43.0 Å². The number of anilines is 1. The van der Waals surface area contributed by atoms with Crippen molar-refractivity contribution in [3.63, 3.8) is 0 Å². The number of imidazole rings is 1. The van der Waals surface area contributed by atoms with Gasteiger partial charge in [0.1, 0.15) is 5.82 Å². The molecule has 0 aliphatic carbocycles. The van der Waals surface area contributed by atoms with Crippen LogP contribution in [0.25, 0.3) is 17.0 Å². The maximum atomic E-state index is 14.2. The highest BCUT2D eigenvalue weighted by Crippen LogP contribution is 2.22. The van der Waals surface area contributed by atoms with Crippen molar-refractivity contribution in [1.82, 2.24) is 29.3 Å². The van der Waals surface area contributed by atoms with Gasteiger partial charge in [0.2, 0.25) is 5.95 Å². The number of rotatable bonds is 4. The molecule has 10 nitrogen and oxygen atoms in total. The molecular weight excluding hydrogens is 343 g/mol. The fraction of sp³-hybridized carbons (Fsp3) is 0.0667. The number of nitrogen functional groups attached to an aromatic ring is 1. The molecule has 0 spiro atoms. The van der Waals surface area contributed by atoms with Crippen molar-refractivity contribution >= 4 is 22.8 Å². The number of non-ortho nitro benzene ring substituents is 1. The number of nitro benzene ring substituents is 1. The van der Waals surface area contributed by atoms with Crippen molar-refractivity contribution in [3.05, 3.63) is 64.5 Å². The highest BCUT2D eigenvalue weighted by atomic mass is 19.1. The predicted octanol–water partition coefficient (Wildman–Crippen LogP) is 1.69. The molecule has 3 heterocycles. The van der Waals surface area contributed by atoms with Crippen LogP contribution >= 0.6 is 0 Å². The van der Waals surface area contributed by atoms with Crippen LogP contribution in [0, 0.1) is 15.9 Å². The molecule has 4 rings (SSSR count). The summed E-state index contributed by atoms with van der Waals surface area (Å²) in [5.74, 6) is -0.260. The van der Waals surface area contributed by atoms with E-state index in [1.165, 1.54) is 23.1 Å². The normalized spacial score (nSPS) is 11.1. The molecule has 0 aliphatic rings. The Kier molecular flexibility index (Phi) is 3.53. The van der Waals surface area contributed by atoms with Gasteiger partial charge < -0.3 is 10.3 Å². The first-order chi connectivity index (χ1) is 12.5. The van der Waals surface area contributed by atoms with Gasteiger partial charge in [-0.1, -0.05) is 0 Å². The van der Waals surface area contributed by atoms with E-state index in [0.29, 0.717) is 17.0 Å². The van der Waals surface area contributed by atoms with E-state index in [1.54, 1.807) is 23.0 Å². The Bertz CT molecular complexity index is 1120. The number of benzene rings is 1. The highest BCUT2D eigenvalue weighted by molar-refractivity contribution is 5.79. The summed E-state index contributed by atoms with van der Waals surface area (Å²) in [7, 11) is 0. The third kappa shape index (κ3) is 2.60. The van der Waals surface area contributed by atoms with E-state index in [0.717, 1.165) is 6.07 Å². The second-order valence-corrected chi connectivity index (χ2v) is 5.43. The lowest BCUT2D eigenvalue weighted by atomic mass is 10.2. The van der Waals surface area contributed by atoms with Crippen molar-refractivity contribution in [2.24, 2.45) is 0 Å². The first-order valence-electron chi connectivity index (χ1n) is 7.44. The minimum absolute atomic E-state index is 0.0221. The summed E-state index contributed by atoms with van der Waals surface area (Å²) in [6.45, 7) is 0.0787. The number of aromatic nitrogens is 6. The summed E-state index contributed by atoms with van der Waals surface area (Å²) in [5, 5.41) is 14.8. The molecule has 0 saturated heterocycles. The van der Waals surface area contributed by atoms with Gasteiger partial charge in [0.25, 0.3) is 5.69 Å². The van der Waals surface area contributed by atoms with Crippen LogP contribution in [-0.2, 0) is 6.54 Å². The van der Waals surface area contributed by atoms with Crippen molar-refractivity contribution in [2.45, 2.75) is 6.54 Å². The molecule has 0 atom stereocenters. The SMILES string of the molecule is Nc1nc(-n2cccn2)c2ncn(Cc3ccc([N+](=O)[O-])cc3F)c2n1. The first kappa shape index (κ1) is 15.6. The van der Waals surface area contributed by atoms with E-state index in [9.17, 15) is 14.5 Å². The summed E-state index contributed by atoms with van der Waals surface area (Å²) in [4.78, 5) is 22.7. The summed E-state index contributed by atoms with van der Waals surface area (Å²) in [5.41, 5.74) is 6.58. The minimum Gasteiger partial charge on any atom is -0.368 e. The first-order valence-corrected chi connectivity index (χ1v) is 7.44. The van der Waals surface area contributed by atoms with E-state index in [2.05, 4.69) is 20.1 Å². The molecule has 3 aromatic heterocycles. The molecule has 2 N–H and O–H groups in total. The predicted molar refractivity (Wildman–Crippen MR) is 89.0 cm³/mol. The zero-order valence-corrected chi connectivity index (χ0v) is 13.2. The molecule has 0 bridgehead atoms. The van der Waals surface area contributed by atoms with Gasteiger partial charge in [-0.25, -0.2) is 14.1 Å². The molecule has 1 aromatic carbocycles. The number of halogens is 1. The van der Waals surface area contributed by atoms with Crippen LogP contribution in [0.4, 0.5) is 16.0 Å². The summed E-state index contributed by atoms with van der Waals surface area (Å²) >= 11 is 0. The minimum atomic E-state index is -0.685. The van der Waals surface area contributed by atoms with E-state index < -0.39 is 10.7 Å². The lowest BCUT2D eigenvalue weighted by Crippen LogP contribution is -2.07. The Morgan fingerprint density at radius 3 is 2.85 bits per heavy atom. The fourth-order valence-corrected chi connectivity index (χ4v) is 2.58. The lowest BCUT2D eigenvalue weighted by molar-refractivity contribution is -0.385. The molecule has 130 valence electrons. The third-order valence-corrected chi connectivity index (χ3v) is 3.77. The van der Waals surface area contributed by atoms with Gasteiger partial charge in [-0.3, -0.25) is 10.1 Å². The Balaban J connectivity index is 1.78. The second kappa shape index (κ2) is 5.88. The molecular formula is C15H11FN8O2. The van der Waals surface area contributed by atoms with Gasteiger partial charge in [-0.15, -0.1) is 0 Å². The van der Waals surface area contributed by atoms with E-state index in [4.69, 9.17) is 5.73 Å². The molecule has 0 amide bonds. The van der Waals surface area contributed by atoms with Crippen LogP contribution in [-0.4, -0.2) is 34.2 Å². The van der Waals surface area contributed by atoms with Crippen LogP contribution in [0.1, 0.15) is 5.56 Å². The maximum absolute atomic E-state index is 14.2. The quantitative estimate of drug-likeness (QED) is 0.436. The third-order valence-electron chi connectivity index (χ3n) is 3.77. The van der Waals surface area contributed by atoms with Crippen molar-refractivity contribution in [2.75, 3.05) is 5.73 Å². The second-order valence-electron chi connectivity index (χ2n) is 5.43. The van der Waals surface area contributed by atoms with Gasteiger partial charge in [-0.05, 0) is 12.1 Å². The molecule has 0 saturated carbocycles. The van der Waals surface area contributed by atoms with Crippen LogP contribution in [0.3, 0.4) is 0 Å². The zero-order chi connectivity index (χ0) is 18.3. The van der Waals surface area contributed by atoms with E-state index in [-0.39, 0.29) is 23.7 Å². The van der Waals surface area contributed by atoms with Crippen molar-refractivity contribution in [3.8, 4) is 5.82 Å². The largest absolute Gasteiger partial charge is 0.368 e. The van der Waals surface area contributed by atoms with Gasteiger partial charge in [0.05, 0.1) is 23.9 Å². The highest BCUT2D eigenvalue weighted by Gasteiger charge is 2.16. The molecule has 0 aliphatic heterocycles. The van der Waals surface area contributed by atoms with Gasteiger partial charge >= 0.3 is 0 Å². The Morgan fingerprint density at radius 2 is 2.15 bits per heavy atom. The number of nitrogens with two attached hydrogens (primary N) is 1. The van der Waals surface area contributed by atoms with E-state index >= 15 is 0 Å². The molecule has 0 radical (unpaired) electrons. The smallest absolute Gasteiger partial charge is 0.272 e.